The molecule has 3 heterocycles. The first-order valence-electron chi connectivity index (χ1n) is 19.4. The highest BCUT2D eigenvalue weighted by Crippen LogP contribution is 2.34. The predicted octanol–water partition coefficient (Wildman–Crippen LogP) is 7.46. The first-order valence-corrected chi connectivity index (χ1v) is 26.4. The number of unbranched alkanes of at least 4 members (excludes halogenated alkanes) is 1. The largest absolute Gasteiger partial charge is 0.491 e. The fraction of sp³-hybridized carbons (Fsp3) is 0.439. The highest BCUT2D eigenvalue weighted by molar-refractivity contribution is 7.85. The fourth-order valence-corrected chi connectivity index (χ4v) is 9.19. The Morgan fingerprint density at radius 1 is 1.05 bits per heavy atom. The van der Waals surface area contributed by atoms with Crippen molar-refractivity contribution in [2.45, 2.75) is 65.0 Å². The number of nitrogens with zero attached hydrogens (tertiary/aromatic N) is 7. The molecular formula is C41H52FN7O7S3Si. The summed E-state index contributed by atoms with van der Waals surface area (Å²) in [5.74, 6) is 5.27. The number of para-hydroxylation sites is 1. The van der Waals surface area contributed by atoms with Gasteiger partial charge in [-0.05, 0) is 94.7 Å². The molecule has 0 atom stereocenters. The summed E-state index contributed by atoms with van der Waals surface area (Å²) in [6.45, 7) is 10.8. The van der Waals surface area contributed by atoms with Crippen molar-refractivity contribution in [2.75, 3.05) is 58.2 Å². The number of anilines is 2. The van der Waals surface area contributed by atoms with Gasteiger partial charge in [0.25, 0.3) is 10.1 Å². The number of ether oxygens (including phenoxy) is 3. The molecule has 0 saturated carbocycles. The third-order valence-corrected chi connectivity index (χ3v) is 13.6. The number of thiazole rings is 2. The van der Waals surface area contributed by atoms with Gasteiger partial charge in [0.2, 0.25) is 0 Å². The minimum Gasteiger partial charge on any atom is -0.491 e. The molecule has 0 aliphatic carbocycles. The number of aryl methyl sites for hydroxylation is 2. The Labute approximate surface area is 359 Å². The molecule has 60 heavy (non-hydrogen) atoms. The van der Waals surface area contributed by atoms with Gasteiger partial charge in [-0.2, -0.15) is 13.4 Å². The summed E-state index contributed by atoms with van der Waals surface area (Å²) in [7, 11) is -0.359. The van der Waals surface area contributed by atoms with E-state index < -0.39 is 35.7 Å². The molecule has 1 N–H and O–H groups in total. The van der Waals surface area contributed by atoms with E-state index >= 15 is 0 Å². The molecule has 0 spiro atoms. The molecular weight excluding hydrogens is 846 g/mol. The van der Waals surface area contributed by atoms with Crippen LogP contribution < -0.4 is 14.4 Å². The Morgan fingerprint density at radius 3 is 2.53 bits per heavy atom. The van der Waals surface area contributed by atoms with Gasteiger partial charge in [0, 0.05) is 31.7 Å². The third-order valence-electron chi connectivity index (χ3n) is 8.92. The number of hydrogen-bond acceptors (Lipinski definition) is 14. The molecule has 0 aliphatic rings. The lowest BCUT2D eigenvalue weighted by Crippen LogP contribution is -2.23. The SMILES string of the molecule is COC(=O)c1nc(N(CCCCS(=O)(=O)O)c2cc(C)c(N=c3sc4ccccc4n3COCC[Si](C)(C)C)nn2)sc1CCCOc1ccc(C#CCN(C)C)cc1F. The maximum Gasteiger partial charge on any atom is 0.357 e. The second-order valence-corrected chi connectivity index (χ2v) is 24.8. The maximum absolute atomic E-state index is 14.8. The Kier molecular flexibility index (Phi) is 16.5. The number of hydrogen-bond donors (Lipinski definition) is 1. The van der Waals surface area contributed by atoms with E-state index in [0.717, 1.165) is 21.8 Å². The summed E-state index contributed by atoms with van der Waals surface area (Å²) in [6, 6.07) is 15.5. The van der Waals surface area contributed by atoms with Crippen LogP contribution in [0, 0.1) is 24.6 Å². The van der Waals surface area contributed by atoms with Gasteiger partial charge >= 0.3 is 5.97 Å². The number of carbonyl (C=O) groups is 1. The number of halogens is 1. The molecule has 5 rings (SSSR count). The molecule has 0 fully saturated rings. The highest BCUT2D eigenvalue weighted by atomic mass is 32.2. The molecule has 0 bridgehead atoms. The van der Waals surface area contributed by atoms with Crippen LogP contribution >= 0.6 is 22.7 Å². The van der Waals surface area contributed by atoms with Gasteiger partial charge in [-0.3, -0.25) is 14.0 Å². The number of aromatic nitrogens is 4. The van der Waals surface area contributed by atoms with E-state index in [-0.39, 0.29) is 31.0 Å². The van der Waals surface area contributed by atoms with Crippen LogP contribution in [0.25, 0.3) is 10.2 Å². The lowest BCUT2D eigenvalue weighted by Gasteiger charge is -2.20. The van der Waals surface area contributed by atoms with E-state index in [1.807, 2.05) is 60.8 Å². The second-order valence-electron chi connectivity index (χ2n) is 15.5. The lowest BCUT2D eigenvalue weighted by molar-refractivity contribution is 0.0593. The van der Waals surface area contributed by atoms with Crippen molar-refractivity contribution in [3.8, 4) is 17.6 Å². The summed E-state index contributed by atoms with van der Waals surface area (Å²) in [6.07, 6.45) is 1.31. The zero-order chi connectivity index (χ0) is 43.5. The highest BCUT2D eigenvalue weighted by Gasteiger charge is 2.24. The van der Waals surface area contributed by atoms with Crippen molar-refractivity contribution in [2.24, 2.45) is 4.99 Å². The van der Waals surface area contributed by atoms with Crippen molar-refractivity contribution in [1.82, 2.24) is 24.6 Å². The van der Waals surface area contributed by atoms with Crippen LogP contribution in [-0.2, 0) is 32.7 Å². The number of rotatable bonds is 20. The monoisotopic (exact) mass is 897 g/mol. The standard InChI is InChI=1S/C41H52FN7O7S3Si/c1-29-26-36(45-46-38(29)44-41-49(28-55-23-25-60(5,6)7)32-15-8-9-16-34(32)57-41)48(21-10-11-24-59(51,52)53)40-43-37(39(50)54-4)35(58-40)17-13-22-56-33-19-18-30(27-31(33)42)14-12-20-47(2)3/h8-9,15-16,18-19,26-27H,10-11,13,17,20-25,28H2,1-7H3,(H,51,52,53). The van der Waals surface area contributed by atoms with Crippen molar-refractivity contribution in [3.63, 3.8) is 0 Å². The summed E-state index contributed by atoms with van der Waals surface area (Å²) < 4.78 is 67.2. The number of carbonyl (C=O) groups excluding carboxylic acids is 1. The second kappa shape index (κ2) is 21.3. The van der Waals surface area contributed by atoms with Crippen molar-refractivity contribution < 1.29 is 36.4 Å². The smallest absolute Gasteiger partial charge is 0.357 e. The molecule has 3 aromatic heterocycles. The average molecular weight is 898 g/mol. The van der Waals surface area contributed by atoms with Gasteiger partial charge in [-0.15, -0.1) is 21.5 Å². The Hall–Kier alpha value is -4.55. The number of benzene rings is 2. The van der Waals surface area contributed by atoms with Crippen LogP contribution in [0.4, 0.5) is 21.2 Å². The predicted molar refractivity (Wildman–Crippen MR) is 238 cm³/mol. The van der Waals surface area contributed by atoms with E-state index in [9.17, 15) is 22.2 Å². The van der Waals surface area contributed by atoms with Crippen LogP contribution in [0.5, 0.6) is 5.75 Å². The molecule has 0 radical (unpaired) electrons. The van der Waals surface area contributed by atoms with Gasteiger partial charge in [-0.1, -0.05) is 55.0 Å². The summed E-state index contributed by atoms with van der Waals surface area (Å²) >= 11 is 2.78. The van der Waals surface area contributed by atoms with Gasteiger partial charge in [0.05, 0.1) is 36.2 Å². The summed E-state index contributed by atoms with van der Waals surface area (Å²) in [4.78, 5) is 27.6. The number of fused-ring (bicyclic) bond motifs is 1. The fourth-order valence-electron chi connectivity index (χ4n) is 5.72. The van der Waals surface area contributed by atoms with Gasteiger partial charge < -0.3 is 19.1 Å². The maximum atomic E-state index is 14.8. The van der Waals surface area contributed by atoms with Gasteiger partial charge in [-0.25, -0.2) is 14.2 Å². The number of methoxy groups -OCH3 is 1. The molecule has 5 aromatic rings. The van der Waals surface area contributed by atoms with E-state index in [4.69, 9.17) is 19.2 Å². The summed E-state index contributed by atoms with van der Waals surface area (Å²) in [5, 5.41) is 9.48. The molecule has 19 heteroatoms. The zero-order valence-corrected chi connectivity index (χ0v) is 38.5. The van der Waals surface area contributed by atoms with Crippen molar-refractivity contribution >= 4 is 73.8 Å². The molecule has 0 saturated heterocycles. The van der Waals surface area contributed by atoms with Gasteiger partial charge in [0.1, 0.15) is 6.73 Å². The van der Waals surface area contributed by atoms with Crippen LogP contribution in [-0.4, -0.2) is 105 Å². The van der Waals surface area contributed by atoms with Crippen molar-refractivity contribution in [3.05, 3.63) is 80.8 Å². The Balaban J connectivity index is 1.39. The number of esters is 1. The average Bonchev–Trinajstić information content (AvgIpc) is 3.76. The van der Waals surface area contributed by atoms with E-state index in [2.05, 4.69) is 46.7 Å². The van der Waals surface area contributed by atoms with E-state index in [1.54, 1.807) is 17.0 Å². The molecule has 0 unspecified atom stereocenters. The molecule has 0 aliphatic heterocycles. The first-order chi connectivity index (χ1) is 28.5. The van der Waals surface area contributed by atoms with Crippen LogP contribution in [0.2, 0.25) is 25.7 Å². The minimum atomic E-state index is -4.17. The lowest BCUT2D eigenvalue weighted by atomic mass is 10.2. The van der Waals surface area contributed by atoms with Crippen LogP contribution in [0.15, 0.2) is 53.5 Å². The molecule has 0 amide bonds. The topological polar surface area (TPSA) is 162 Å². The minimum absolute atomic E-state index is 0.0968. The molecule has 2 aromatic carbocycles. The zero-order valence-electron chi connectivity index (χ0n) is 35.0. The van der Waals surface area contributed by atoms with Crippen LogP contribution in [0.1, 0.15) is 45.8 Å². The normalized spacial score (nSPS) is 12.2. The molecule has 322 valence electrons. The van der Waals surface area contributed by atoms with Crippen LogP contribution in [0.3, 0.4) is 0 Å². The Morgan fingerprint density at radius 2 is 1.83 bits per heavy atom. The van der Waals surface area contributed by atoms with Crippen molar-refractivity contribution in [1.29, 1.82) is 0 Å². The Bertz CT molecular complexity index is 2510. The first kappa shape index (κ1) is 46.5. The van der Waals surface area contributed by atoms with E-state index in [1.165, 1.54) is 35.8 Å². The molecule has 14 nitrogen and oxygen atoms in total. The quantitative estimate of drug-likeness (QED) is 0.0271. The van der Waals surface area contributed by atoms with E-state index in [0.29, 0.717) is 71.2 Å². The van der Waals surface area contributed by atoms with Gasteiger partial charge in [0.15, 0.2) is 38.8 Å². The third kappa shape index (κ3) is 13.7. The summed E-state index contributed by atoms with van der Waals surface area (Å²) in [5.41, 5.74) is 2.38.